The van der Waals surface area contributed by atoms with Crippen LogP contribution in [0.4, 0.5) is 0 Å². The second-order valence-electron chi connectivity index (χ2n) is 5.13. The fourth-order valence-corrected chi connectivity index (χ4v) is 2.02. The number of esters is 2. The molecule has 0 saturated heterocycles. The Balaban J connectivity index is 1.81. The number of rotatable bonds is 4. The second kappa shape index (κ2) is 7.41. The molecule has 0 bridgehead atoms. The molecule has 2 rings (SSSR count). The summed E-state index contributed by atoms with van der Waals surface area (Å²) in [6, 6.07) is 15.1. The molecule has 114 valence electrons. The molecule has 4 heteroatoms. The summed E-state index contributed by atoms with van der Waals surface area (Å²) < 4.78 is 9.89. The second-order valence-corrected chi connectivity index (χ2v) is 5.13. The molecule has 0 unspecified atom stereocenters. The molecule has 4 nitrogen and oxygen atoms in total. The van der Waals surface area contributed by atoms with E-state index in [4.69, 9.17) is 9.47 Å². The summed E-state index contributed by atoms with van der Waals surface area (Å²) in [5.41, 5.74) is 3.80. The van der Waals surface area contributed by atoms with Crippen LogP contribution < -0.4 is 0 Å². The third-order valence-electron chi connectivity index (χ3n) is 3.07. The van der Waals surface area contributed by atoms with E-state index < -0.39 is 11.9 Å². The predicted octanol–water partition coefficient (Wildman–Crippen LogP) is 3.09. The SMILES string of the molecule is Cc1cccc(COC(=O)C(=O)OCc2cccc(C)c2)c1. The third kappa shape index (κ3) is 4.74. The smallest absolute Gasteiger partial charge is 0.417 e. The molecule has 0 amide bonds. The van der Waals surface area contributed by atoms with E-state index in [1.807, 2.05) is 62.4 Å². The Hall–Kier alpha value is -2.62. The van der Waals surface area contributed by atoms with Crippen LogP contribution >= 0.6 is 0 Å². The summed E-state index contributed by atoms with van der Waals surface area (Å²) in [7, 11) is 0. The molecule has 0 heterocycles. The maximum Gasteiger partial charge on any atom is 0.417 e. The van der Waals surface area contributed by atoms with Crippen molar-refractivity contribution in [2.24, 2.45) is 0 Å². The Kier molecular flexibility index (Phi) is 5.31. The molecule has 0 aliphatic carbocycles. The highest BCUT2D eigenvalue weighted by Gasteiger charge is 2.17. The monoisotopic (exact) mass is 298 g/mol. The van der Waals surface area contributed by atoms with Gasteiger partial charge in [0.15, 0.2) is 0 Å². The minimum Gasteiger partial charge on any atom is -0.452 e. The van der Waals surface area contributed by atoms with Crippen LogP contribution in [0.1, 0.15) is 22.3 Å². The van der Waals surface area contributed by atoms with Gasteiger partial charge in [-0.3, -0.25) is 0 Å². The quantitative estimate of drug-likeness (QED) is 0.643. The van der Waals surface area contributed by atoms with Crippen LogP contribution in [-0.2, 0) is 32.3 Å². The number of benzene rings is 2. The molecule has 2 aromatic rings. The van der Waals surface area contributed by atoms with Gasteiger partial charge < -0.3 is 9.47 Å². The lowest BCUT2D eigenvalue weighted by molar-refractivity contribution is -0.169. The normalized spacial score (nSPS) is 10.1. The average Bonchev–Trinajstić information content (AvgIpc) is 2.50. The summed E-state index contributed by atoms with van der Waals surface area (Å²) in [6.45, 7) is 4.00. The molecular weight excluding hydrogens is 280 g/mol. The van der Waals surface area contributed by atoms with Gasteiger partial charge in [-0.1, -0.05) is 59.7 Å². The van der Waals surface area contributed by atoms with Crippen LogP contribution in [-0.4, -0.2) is 11.9 Å². The van der Waals surface area contributed by atoms with Crippen molar-refractivity contribution in [3.8, 4) is 0 Å². The van der Waals surface area contributed by atoms with E-state index in [0.717, 1.165) is 22.3 Å². The number of carbonyl (C=O) groups is 2. The zero-order valence-corrected chi connectivity index (χ0v) is 12.7. The lowest BCUT2D eigenvalue weighted by atomic mass is 10.1. The number of hydrogen-bond acceptors (Lipinski definition) is 4. The maximum absolute atomic E-state index is 11.6. The van der Waals surface area contributed by atoms with E-state index in [-0.39, 0.29) is 13.2 Å². The van der Waals surface area contributed by atoms with Gasteiger partial charge in [0, 0.05) is 0 Å². The number of ether oxygens (including phenoxy) is 2. The van der Waals surface area contributed by atoms with Gasteiger partial charge in [0.05, 0.1) is 0 Å². The summed E-state index contributed by atoms with van der Waals surface area (Å²) in [4.78, 5) is 23.2. The van der Waals surface area contributed by atoms with Crippen molar-refractivity contribution >= 4 is 11.9 Å². The Morgan fingerprint density at radius 2 is 1.18 bits per heavy atom. The largest absolute Gasteiger partial charge is 0.452 e. The molecule has 22 heavy (non-hydrogen) atoms. The molecule has 0 atom stereocenters. The first kappa shape index (κ1) is 15.8. The molecule has 0 aromatic heterocycles. The van der Waals surface area contributed by atoms with Gasteiger partial charge in [-0.15, -0.1) is 0 Å². The van der Waals surface area contributed by atoms with Gasteiger partial charge >= 0.3 is 11.9 Å². The van der Waals surface area contributed by atoms with E-state index >= 15 is 0 Å². The van der Waals surface area contributed by atoms with Crippen molar-refractivity contribution in [3.63, 3.8) is 0 Å². The van der Waals surface area contributed by atoms with Crippen molar-refractivity contribution < 1.29 is 19.1 Å². The van der Waals surface area contributed by atoms with Crippen LogP contribution in [0.25, 0.3) is 0 Å². The Labute approximate surface area is 129 Å². The molecular formula is C18H18O4. The predicted molar refractivity (Wildman–Crippen MR) is 82.0 cm³/mol. The molecule has 0 aliphatic heterocycles. The number of aryl methyl sites for hydroxylation is 2. The van der Waals surface area contributed by atoms with Crippen LogP contribution in [0.2, 0.25) is 0 Å². The summed E-state index contributed by atoms with van der Waals surface area (Å²) >= 11 is 0. The van der Waals surface area contributed by atoms with Crippen molar-refractivity contribution in [2.75, 3.05) is 0 Å². The number of hydrogen-bond donors (Lipinski definition) is 0. The van der Waals surface area contributed by atoms with E-state index in [1.54, 1.807) is 0 Å². The zero-order chi connectivity index (χ0) is 15.9. The Morgan fingerprint density at radius 1 is 0.773 bits per heavy atom. The van der Waals surface area contributed by atoms with Crippen molar-refractivity contribution in [2.45, 2.75) is 27.1 Å². The van der Waals surface area contributed by atoms with Crippen LogP contribution in [0.5, 0.6) is 0 Å². The van der Waals surface area contributed by atoms with Crippen LogP contribution in [0, 0.1) is 13.8 Å². The van der Waals surface area contributed by atoms with Crippen molar-refractivity contribution in [3.05, 3.63) is 70.8 Å². The van der Waals surface area contributed by atoms with Crippen LogP contribution in [0.15, 0.2) is 48.5 Å². The molecule has 0 N–H and O–H groups in total. The first-order valence-corrected chi connectivity index (χ1v) is 6.99. The van der Waals surface area contributed by atoms with Gasteiger partial charge in [-0.25, -0.2) is 9.59 Å². The minimum atomic E-state index is -0.978. The first-order chi connectivity index (χ1) is 10.5. The number of carbonyl (C=O) groups excluding carboxylic acids is 2. The van der Waals surface area contributed by atoms with Crippen molar-refractivity contribution in [1.82, 2.24) is 0 Å². The van der Waals surface area contributed by atoms with Gasteiger partial charge in [0.1, 0.15) is 13.2 Å². The molecule has 0 aliphatic rings. The van der Waals surface area contributed by atoms with Gasteiger partial charge in [0.25, 0.3) is 0 Å². The highest BCUT2D eigenvalue weighted by atomic mass is 16.6. The molecule has 2 aromatic carbocycles. The molecule has 0 radical (unpaired) electrons. The third-order valence-corrected chi connectivity index (χ3v) is 3.07. The summed E-state index contributed by atoms with van der Waals surface area (Å²) in [5.74, 6) is -1.96. The first-order valence-electron chi connectivity index (χ1n) is 6.99. The molecule has 0 spiro atoms. The lowest BCUT2D eigenvalue weighted by Gasteiger charge is -2.07. The van der Waals surface area contributed by atoms with Gasteiger partial charge in [-0.2, -0.15) is 0 Å². The van der Waals surface area contributed by atoms with Gasteiger partial charge in [0.2, 0.25) is 0 Å². The summed E-state index contributed by atoms with van der Waals surface area (Å²) in [5, 5.41) is 0. The zero-order valence-electron chi connectivity index (χ0n) is 12.7. The average molecular weight is 298 g/mol. The fourth-order valence-electron chi connectivity index (χ4n) is 2.02. The Bertz CT molecular complexity index is 617. The molecule has 0 fully saturated rings. The Morgan fingerprint density at radius 3 is 1.55 bits per heavy atom. The lowest BCUT2D eigenvalue weighted by Crippen LogP contribution is -2.20. The van der Waals surface area contributed by atoms with Crippen LogP contribution in [0.3, 0.4) is 0 Å². The molecule has 0 saturated carbocycles. The van der Waals surface area contributed by atoms with E-state index in [2.05, 4.69) is 0 Å². The highest BCUT2D eigenvalue weighted by molar-refractivity contribution is 6.29. The van der Waals surface area contributed by atoms with Gasteiger partial charge in [-0.05, 0) is 25.0 Å². The minimum absolute atomic E-state index is 0.0556. The van der Waals surface area contributed by atoms with E-state index in [1.165, 1.54) is 0 Å². The van der Waals surface area contributed by atoms with E-state index in [0.29, 0.717) is 0 Å². The van der Waals surface area contributed by atoms with Crippen molar-refractivity contribution in [1.29, 1.82) is 0 Å². The maximum atomic E-state index is 11.6. The standard InChI is InChI=1S/C18H18O4/c1-13-5-3-7-15(9-13)11-21-17(19)18(20)22-12-16-8-4-6-14(2)10-16/h3-10H,11-12H2,1-2H3. The van der Waals surface area contributed by atoms with E-state index in [9.17, 15) is 9.59 Å². The topological polar surface area (TPSA) is 52.6 Å². The highest BCUT2D eigenvalue weighted by Crippen LogP contribution is 2.07. The summed E-state index contributed by atoms with van der Waals surface area (Å²) in [6.07, 6.45) is 0. The fraction of sp³-hybridized carbons (Fsp3) is 0.222.